The van der Waals surface area contributed by atoms with Crippen LogP contribution in [0.15, 0.2) is 54.7 Å². The van der Waals surface area contributed by atoms with E-state index in [0.29, 0.717) is 0 Å². The van der Waals surface area contributed by atoms with Crippen molar-refractivity contribution >= 4 is 5.91 Å². The van der Waals surface area contributed by atoms with E-state index in [0.717, 1.165) is 36.5 Å². The first-order valence-corrected chi connectivity index (χ1v) is 9.81. The van der Waals surface area contributed by atoms with E-state index in [1.54, 1.807) is 6.92 Å². The van der Waals surface area contributed by atoms with Crippen LogP contribution in [-0.2, 0) is 4.79 Å². The molecule has 0 aliphatic carbocycles. The first-order chi connectivity index (χ1) is 13.5. The van der Waals surface area contributed by atoms with Crippen molar-refractivity contribution < 1.29 is 4.79 Å². The van der Waals surface area contributed by atoms with Gasteiger partial charge >= 0.3 is 0 Å². The lowest BCUT2D eigenvalue weighted by molar-refractivity contribution is -0.133. The highest BCUT2D eigenvalue weighted by Crippen LogP contribution is 2.32. The van der Waals surface area contributed by atoms with Crippen molar-refractivity contribution in [2.45, 2.75) is 38.8 Å². The van der Waals surface area contributed by atoms with Crippen LogP contribution in [0, 0.1) is 6.92 Å². The molecule has 2 heterocycles. The van der Waals surface area contributed by atoms with Gasteiger partial charge in [-0.15, -0.1) is 0 Å². The molecule has 1 aliphatic heterocycles. The second-order valence-electron chi connectivity index (χ2n) is 7.60. The zero-order valence-electron chi connectivity index (χ0n) is 16.4. The first-order valence-electron chi connectivity index (χ1n) is 9.81. The lowest BCUT2D eigenvalue weighted by Gasteiger charge is -2.24. The number of hydrogen-bond donors (Lipinski definition) is 2. The van der Waals surface area contributed by atoms with Crippen molar-refractivity contribution in [3.63, 3.8) is 0 Å². The summed E-state index contributed by atoms with van der Waals surface area (Å²) < 4.78 is 0. The summed E-state index contributed by atoms with van der Waals surface area (Å²) in [6.07, 6.45) is 3.74. The third kappa shape index (κ3) is 3.58. The zero-order valence-corrected chi connectivity index (χ0v) is 16.4. The Kier molecular flexibility index (Phi) is 5.01. The van der Waals surface area contributed by atoms with Gasteiger partial charge in [0, 0.05) is 6.54 Å². The van der Waals surface area contributed by atoms with E-state index in [-0.39, 0.29) is 11.9 Å². The number of imidazole rings is 1. The Balaban J connectivity index is 1.54. The summed E-state index contributed by atoms with van der Waals surface area (Å²) in [7, 11) is 0. The highest BCUT2D eigenvalue weighted by Gasteiger charge is 2.33. The van der Waals surface area contributed by atoms with Gasteiger partial charge in [-0.1, -0.05) is 54.1 Å². The van der Waals surface area contributed by atoms with Crippen LogP contribution in [0.2, 0.25) is 0 Å². The molecule has 1 amide bonds. The number of amides is 1. The number of rotatable bonds is 4. The summed E-state index contributed by atoms with van der Waals surface area (Å²) in [6, 6.07) is 16.5. The predicted molar refractivity (Wildman–Crippen MR) is 112 cm³/mol. The molecule has 5 heteroatoms. The lowest BCUT2D eigenvalue weighted by Crippen LogP contribution is -2.41. The van der Waals surface area contributed by atoms with Gasteiger partial charge in [-0.3, -0.25) is 4.79 Å². The molecule has 5 nitrogen and oxygen atoms in total. The van der Waals surface area contributed by atoms with Crippen LogP contribution < -0.4 is 5.73 Å². The fraction of sp³-hybridized carbons (Fsp3) is 0.304. The van der Waals surface area contributed by atoms with E-state index in [4.69, 9.17) is 5.73 Å². The number of carbonyl (C=O) groups is 1. The molecule has 0 radical (unpaired) electrons. The Morgan fingerprint density at radius 2 is 1.71 bits per heavy atom. The van der Waals surface area contributed by atoms with Gasteiger partial charge in [0.2, 0.25) is 5.91 Å². The molecular formula is C23H26N4O. The number of nitrogens with zero attached hydrogens (tertiary/aromatic N) is 2. The van der Waals surface area contributed by atoms with E-state index in [9.17, 15) is 4.79 Å². The van der Waals surface area contributed by atoms with Crippen LogP contribution in [-0.4, -0.2) is 33.4 Å². The van der Waals surface area contributed by atoms with Crippen molar-refractivity contribution in [1.82, 2.24) is 14.9 Å². The van der Waals surface area contributed by atoms with E-state index < -0.39 is 6.04 Å². The molecule has 0 saturated carbocycles. The molecule has 1 aliphatic rings. The third-order valence-electron chi connectivity index (χ3n) is 5.42. The molecule has 3 aromatic rings. The molecule has 1 saturated heterocycles. The molecule has 28 heavy (non-hydrogen) atoms. The average molecular weight is 374 g/mol. The minimum Gasteiger partial charge on any atom is -0.340 e. The monoisotopic (exact) mass is 374 g/mol. The van der Waals surface area contributed by atoms with Gasteiger partial charge < -0.3 is 15.6 Å². The normalized spacial score (nSPS) is 17.7. The number of aryl methyl sites for hydroxylation is 1. The zero-order chi connectivity index (χ0) is 19.7. The largest absolute Gasteiger partial charge is 0.340 e. The quantitative estimate of drug-likeness (QED) is 0.723. The molecule has 2 aromatic carbocycles. The summed E-state index contributed by atoms with van der Waals surface area (Å²) in [4.78, 5) is 22.2. The van der Waals surface area contributed by atoms with Gasteiger partial charge in [0.05, 0.1) is 24.0 Å². The van der Waals surface area contributed by atoms with Crippen molar-refractivity contribution in [3.05, 3.63) is 66.1 Å². The topological polar surface area (TPSA) is 75.0 Å². The number of aromatic amines is 1. The third-order valence-corrected chi connectivity index (χ3v) is 5.42. The minimum absolute atomic E-state index is 0.0112. The number of benzene rings is 2. The number of nitrogens with two attached hydrogens (primary N) is 1. The van der Waals surface area contributed by atoms with Gasteiger partial charge in [0.15, 0.2) is 0 Å². The van der Waals surface area contributed by atoms with Gasteiger partial charge in [0.1, 0.15) is 5.82 Å². The van der Waals surface area contributed by atoms with Crippen LogP contribution in [0.3, 0.4) is 0 Å². The van der Waals surface area contributed by atoms with E-state index in [2.05, 4.69) is 65.4 Å². The Hall–Kier alpha value is -2.92. The molecule has 144 valence electrons. The number of H-pyrrole nitrogens is 1. The fourth-order valence-corrected chi connectivity index (χ4v) is 3.82. The predicted octanol–water partition coefficient (Wildman–Crippen LogP) is 4.06. The Morgan fingerprint density at radius 1 is 1.11 bits per heavy atom. The second-order valence-corrected chi connectivity index (χ2v) is 7.60. The summed E-state index contributed by atoms with van der Waals surface area (Å²) in [5.41, 5.74) is 11.5. The van der Waals surface area contributed by atoms with Crippen LogP contribution in [0.25, 0.3) is 22.4 Å². The Labute approximate surface area is 165 Å². The maximum Gasteiger partial charge on any atom is 0.239 e. The molecule has 4 rings (SSSR count). The van der Waals surface area contributed by atoms with Crippen LogP contribution in [0.5, 0.6) is 0 Å². The Morgan fingerprint density at radius 3 is 2.36 bits per heavy atom. The molecule has 0 spiro atoms. The van der Waals surface area contributed by atoms with Gasteiger partial charge in [0.25, 0.3) is 0 Å². The number of aromatic nitrogens is 2. The number of likely N-dealkylation sites (tertiary alicyclic amines) is 1. The Bertz CT molecular complexity index is 957. The van der Waals surface area contributed by atoms with Gasteiger partial charge in [-0.05, 0) is 43.4 Å². The molecule has 1 fully saturated rings. The molecule has 2 atom stereocenters. The highest BCUT2D eigenvalue weighted by atomic mass is 16.2. The van der Waals surface area contributed by atoms with Crippen LogP contribution in [0.4, 0.5) is 0 Å². The molecule has 0 unspecified atom stereocenters. The highest BCUT2D eigenvalue weighted by molar-refractivity contribution is 5.81. The second kappa shape index (κ2) is 7.60. The minimum atomic E-state index is -0.482. The van der Waals surface area contributed by atoms with Gasteiger partial charge in [-0.25, -0.2) is 4.98 Å². The smallest absolute Gasteiger partial charge is 0.239 e. The fourth-order valence-electron chi connectivity index (χ4n) is 3.82. The van der Waals surface area contributed by atoms with E-state index in [1.807, 2.05) is 11.1 Å². The van der Waals surface area contributed by atoms with Crippen molar-refractivity contribution in [2.24, 2.45) is 5.73 Å². The van der Waals surface area contributed by atoms with Gasteiger partial charge in [-0.2, -0.15) is 0 Å². The SMILES string of the molecule is Cc1ccc(-c2ccc(-c3cnc([C@@H]4CCCN4C(=O)[C@H](C)N)[nH]3)cc2)cc1. The van der Waals surface area contributed by atoms with Crippen molar-refractivity contribution in [2.75, 3.05) is 6.54 Å². The summed E-state index contributed by atoms with van der Waals surface area (Å²) in [5.74, 6) is 0.826. The summed E-state index contributed by atoms with van der Waals surface area (Å²) in [6.45, 7) is 4.57. The van der Waals surface area contributed by atoms with Crippen LogP contribution >= 0.6 is 0 Å². The standard InChI is InChI=1S/C23H26N4O/c1-15-5-7-17(8-6-15)18-9-11-19(12-10-18)20-14-25-22(26-20)21-4-3-13-27(21)23(28)16(2)24/h5-12,14,16,21H,3-4,13,24H2,1-2H3,(H,25,26)/t16-,21-/m0/s1. The lowest BCUT2D eigenvalue weighted by atomic mass is 10.0. The molecule has 3 N–H and O–H groups in total. The maximum atomic E-state index is 12.4. The summed E-state index contributed by atoms with van der Waals surface area (Å²) >= 11 is 0. The molecule has 0 bridgehead atoms. The van der Waals surface area contributed by atoms with Crippen molar-refractivity contribution in [1.29, 1.82) is 0 Å². The van der Waals surface area contributed by atoms with E-state index >= 15 is 0 Å². The first kappa shape index (κ1) is 18.4. The maximum absolute atomic E-state index is 12.4. The number of nitrogens with one attached hydrogen (secondary N) is 1. The summed E-state index contributed by atoms with van der Waals surface area (Å²) in [5, 5.41) is 0. The number of hydrogen-bond acceptors (Lipinski definition) is 3. The number of carbonyl (C=O) groups excluding carboxylic acids is 1. The molecule has 1 aromatic heterocycles. The average Bonchev–Trinajstić information content (AvgIpc) is 3.37. The molecular weight excluding hydrogens is 348 g/mol. The van der Waals surface area contributed by atoms with E-state index in [1.165, 1.54) is 16.7 Å². The van der Waals surface area contributed by atoms with Crippen molar-refractivity contribution in [3.8, 4) is 22.4 Å². The van der Waals surface area contributed by atoms with Crippen LogP contribution in [0.1, 0.15) is 37.2 Å².